The molecule has 1 aromatic heterocycles. The molecule has 0 radical (unpaired) electrons. The third kappa shape index (κ3) is 4.09. The molecule has 2 aromatic rings. The zero-order valence-corrected chi connectivity index (χ0v) is 11.5. The van der Waals surface area contributed by atoms with Crippen molar-refractivity contribution in [2.24, 2.45) is 0 Å². The van der Waals surface area contributed by atoms with Crippen molar-refractivity contribution >= 4 is 23.5 Å². The number of hydrogen-bond donors (Lipinski definition) is 1. The molecule has 0 bridgehead atoms. The Hall–Kier alpha value is -1.31. The van der Waals surface area contributed by atoms with E-state index in [1.165, 1.54) is 43.0 Å². The highest BCUT2D eigenvalue weighted by Crippen LogP contribution is 2.35. The van der Waals surface area contributed by atoms with Crippen LogP contribution in [0, 0.1) is 0 Å². The molecular formula is C12H9ClF3N3S. The Labute approximate surface area is 122 Å². The average molecular weight is 320 g/mol. The third-order valence-electron chi connectivity index (χ3n) is 2.36. The van der Waals surface area contributed by atoms with Gasteiger partial charge in [0.1, 0.15) is 12.4 Å². The van der Waals surface area contributed by atoms with Gasteiger partial charge in [0, 0.05) is 17.4 Å². The van der Waals surface area contributed by atoms with Gasteiger partial charge in [-0.15, -0.1) is 0 Å². The van der Waals surface area contributed by atoms with E-state index in [1.807, 2.05) is 0 Å². The molecule has 0 aliphatic rings. The molecule has 0 fully saturated rings. The molecule has 0 aliphatic carbocycles. The predicted octanol–water partition coefficient (Wildman–Crippen LogP) is 4.03. The molecule has 0 aliphatic heterocycles. The number of aromatic nitrogens is 2. The monoisotopic (exact) mass is 319 g/mol. The first-order valence-electron chi connectivity index (χ1n) is 5.46. The number of rotatable bonds is 4. The standard InChI is InChI=1S/C12H9ClF3N3S/c13-9-3-1-8(2-4-9)11(12(14,15)16)19-20-10-5-17-7-18-6-10/h1-7,11,19H/t11-/m1/s1. The van der Waals surface area contributed by atoms with Crippen LogP contribution in [0.4, 0.5) is 13.2 Å². The molecule has 2 rings (SSSR count). The fourth-order valence-corrected chi connectivity index (χ4v) is 2.32. The third-order valence-corrected chi connectivity index (χ3v) is 3.41. The van der Waals surface area contributed by atoms with Gasteiger partial charge < -0.3 is 0 Å². The van der Waals surface area contributed by atoms with Crippen LogP contribution in [-0.2, 0) is 0 Å². The lowest BCUT2D eigenvalue weighted by Gasteiger charge is -2.21. The maximum atomic E-state index is 13.1. The molecule has 0 saturated carbocycles. The molecule has 0 unspecified atom stereocenters. The Morgan fingerprint density at radius 1 is 1.10 bits per heavy atom. The summed E-state index contributed by atoms with van der Waals surface area (Å²) < 4.78 is 41.6. The zero-order valence-electron chi connectivity index (χ0n) is 9.93. The number of hydrogen-bond acceptors (Lipinski definition) is 4. The van der Waals surface area contributed by atoms with E-state index in [1.54, 1.807) is 0 Å². The first-order chi connectivity index (χ1) is 9.47. The maximum absolute atomic E-state index is 13.1. The minimum Gasteiger partial charge on any atom is -0.244 e. The second kappa shape index (κ2) is 6.43. The van der Waals surface area contributed by atoms with Crippen molar-refractivity contribution < 1.29 is 13.2 Å². The lowest BCUT2D eigenvalue weighted by Crippen LogP contribution is -2.30. The van der Waals surface area contributed by atoms with Gasteiger partial charge in [-0.2, -0.15) is 13.2 Å². The van der Waals surface area contributed by atoms with Crippen LogP contribution in [0.25, 0.3) is 0 Å². The average Bonchev–Trinajstić information content (AvgIpc) is 2.41. The summed E-state index contributed by atoms with van der Waals surface area (Å²) in [6.45, 7) is 0. The molecule has 0 spiro atoms. The first-order valence-corrected chi connectivity index (χ1v) is 6.66. The van der Waals surface area contributed by atoms with Gasteiger partial charge in [0.2, 0.25) is 0 Å². The van der Waals surface area contributed by atoms with E-state index < -0.39 is 12.2 Å². The van der Waals surface area contributed by atoms with E-state index in [2.05, 4.69) is 14.7 Å². The van der Waals surface area contributed by atoms with Crippen molar-refractivity contribution in [3.63, 3.8) is 0 Å². The SMILES string of the molecule is FC(F)(F)[C@H](NSc1cncnc1)c1ccc(Cl)cc1. The molecule has 106 valence electrons. The molecule has 0 saturated heterocycles. The van der Waals surface area contributed by atoms with Crippen molar-refractivity contribution in [3.05, 3.63) is 53.6 Å². The van der Waals surface area contributed by atoms with Crippen molar-refractivity contribution in [1.29, 1.82) is 0 Å². The fourth-order valence-electron chi connectivity index (χ4n) is 1.44. The van der Waals surface area contributed by atoms with Crippen LogP contribution in [0.1, 0.15) is 11.6 Å². The maximum Gasteiger partial charge on any atom is 0.408 e. The summed E-state index contributed by atoms with van der Waals surface area (Å²) in [7, 11) is 0. The van der Waals surface area contributed by atoms with Gasteiger partial charge in [-0.1, -0.05) is 23.7 Å². The minimum atomic E-state index is -4.42. The van der Waals surface area contributed by atoms with E-state index >= 15 is 0 Å². The fraction of sp³-hybridized carbons (Fsp3) is 0.167. The normalized spacial score (nSPS) is 13.2. The summed E-state index contributed by atoms with van der Waals surface area (Å²) in [6.07, 6.45) is -0.249. The lowest BCUT2D eigenvalue weighted by molar-refractivity contribution is -0.152. The van der Waals surface area contributed by atoms with Gasteiger partial charge in [-0.05, 0) is 29.6 Å². The van der Waals surface area contributed by atoms with Crippen molar-refractivity contribution in [1.82, 2.24) is 14.7 Å². The van der Waals surface area contributed by atoms with Gasteiger partial charge >= 0.3 is 6.18 Å². The van der Waals surface area contributed by atoms with Crippen LogP contribution in [0.5, 0.6) is 0 Å². The number of halogens is 4. The van der Waals surface area contributed by atoms with Crippen LogP contribution in [-0.4, -0.2) is 16.1 Å². The summed E-state index contributed by atoms with van der Waals surface area (Å²) in [4.78, 5) is 7.97. The van der Waals surface area contributed by atoms with Crippen molar-refractivity contribution in [2.45, 2.75) is 17.1 Å². The minimum absolute atomic E-state index is 0.0891. The van der Waals surface area contributed by atoms with Gasteiger partial charge in [0.15, 0.2) is 0 Å². The summed E-state index contributed by atoms with van der Waals surface area (Å²) in [5.41, 5.74) is 0.0891. The molecular weight excluding hydrogens is 311 g/mol. The highest BCUT2D eigenvalue weighted by Gasteiger charge is 2.40. The predicted molar refractivity (Wildman–Crippen MR) is 71.3 cm³/mol. The van der Waals surface area contributed by atoms with Crippen molar-refractivity contribution in [3.8, 4) is 0 Å². The van der Waals surface area contributed by atoms with Crippen molar-refractivity contribution in [2.75, 3.05) is 0 Å². The zero-order chi connectivity index (χ0) is 14.6. The van der Waals surface area contributed by atoms with Crippen LogP contribution in [0.15, 0.2) is 47.9 Å². The van der Waals surface area contributed by atoms with E-state index in [-0.39, 0.29) is 5.56 Å². The summed E-state index contributed by atoms with van der Waals surface area (Å²) in [5, 5.41) is 0.388. The van der Waals surface area contributed by atoms with E-state index in [4.69, 9.17) is 11.6 Å². The Morgan fingerprint density at radius 3 is 2.25 bits per heavy atom. The second-order valence-electron chi connectivity index (χ2n) is 3.82. The Morgan fingerprint density at radius 2 is 1.70 bits per heavy atom. The Balaban J connectivity index is 2.14. The van der Waals surface area contributed by atoms with Crippen LogP contribution < -0.4 is 4.72 Å². The molecule has 3 nitrogen and oxygen atoms in total. The number of benzene rings is 1. The van der Waals surface area contributed by atoms with Crippen LogP contribution in [0.3, 0.4) is 0 Å². The number of nitrogens with one attached hydrogen (secondary N) is 1. The molecule has 8 heteroatoms. The molecule has 20 heavy (non-hydrogen) atoms. The molecule has 1 N–H and O–H groups in total. The van der Waals surface area contributed by atoms with Gasteiger partial charge in [0.05, 0.1) is 4.90 Å². The Kier molecular flexibility index (Phi) is 4.85. The second-order valence-corrected chi connectivity index (χ2v) is 5.17. The van der Waals surface area contributed by atoms with Gasteiger partial charge in [-0.25, -0.2) is 14.7 Å². The highest BCUT2D eigenvalue weighted by atomic mass is 35.5. The number of nitrogens with zero attached hydrogens (tertiary/aromatic N) is 2. The molecule has 1 aromatic carbocycles. The Bertz CT molecular complexity index is 548. The molecule has 1 atom stereocenters. The number of alkyl halides is 3. The van der Waals surface area contributed by atoms with Crippen LogP contribution >= 0.6 is 23.5 Å². The van der Waals surface area contributed by atoms with E-state index in [9.17, 15) is 13.2 Å². The summed E-state index contributed by atoms with van der Waals surface area (Å²) in [5.74, 6) is 0. The molecule has 1 heterocycles. The van der Waals surface area contributed by atoms with E-state index in [0.717, 1.165) is 11.9 Å². The van der Waals surface area contributed by atoms with E-state index in [0.29, 0.717) is 9.92 Å². The topological polar surface area (TPSA) is 37.8 Å². The first kappa shape index (κ1) is 15.1. The van der Waals surface area contributed by atoms with Crippen LogP contribution in [0.2, 0.25) is 5.02 Å². The largest absolute Gasteiger partial charge is 0.408 e. The summed E-state index contributed by atoms with van der Waals surface area (Å²) in [6, 6.07) is 3.73. The lowest BCUT2D eigenvalue weighted by atomic mass is 10.1. The smallest absolute Gasteiger partial charge is 0.244 e. The van der Waals surface area contributed by atoms with Gasteiger partial charge in [-0.3, -0.25) is 0 Å². The van der Waals surface area contributed by atoms with Gasteiger partial charge in [0.25, 0.3) is 0 Å². The highest BCUT2D eigenvalue weighted by molar-refractivity contribution is 7.97. The quantitative estimate of drug-likeness (QED) is 0.863. The molecule has 0 amide bonds. The summed E-state index contributed by atoms with van der Waals surface area (Å²) >= 11 is 6.51.